The summed E-state index contributed by atoms with van der Waals surface area (Å²) in [5, 5.41) is 23.2. The van der Waals surface area contributed by atoms with Gasteiger partial charge in [-0.15, -0.1) is 0 Å². The minimum Gasteiger partial charge on any atom is -0.478 e. The Bertz CT molecular complexity index is 530. The first kappa shape index (κ1) is 14.3. The minimum atomic E-state index is -1.16. The van der Waals surface area contributed by atoms with Gasteiger partial charge in [-0.1, -0.05) is 19.8 Å². The fourth-order valence-corrected chi connectivity index (χ4v) is 2.67. The highest BCUT2D eigenvalue weighted by Crippen LogP contribution is 2.31. The Labute approximate surface area is 117 Å². The molecule has 2 N–H and O–H groups in total. The van der Waals surface area contributed by atoms with Crippen molar-refractivity contribution in [3.05, 3.63) is 33.9 Å². The van der Waals surface area contributed by atoms with E-state index in [-0.39, 0.29) is 17.3 Å². The Morgan fingerprint density at radius 1 is 1.40 bits per heavy atom. The van der Waals surface area contributed by atoms with Gasteiger partial charge in [-0.25, -0.2) is 4.79 Å². The second-order valence-electron chi connectivity index (χ2n) is 5.31. The normalized spacial score (nSPS) is 22.2. The molecule has 0 aliphatic heterocycles. The molecule has 0 unspecified atom stereocenters. The van der Waals surface area contributed by atoms with Crippen LogP contribution < -0.4 is 5.32 Å². The summed E-state index contributed by atoms with van der Waals surface area (Å²) in [5.74, 6) is -0.701. The molecule has 0 bridgehead atoms. The van der Waals surface area contributed by atoms with Gasteiger partial charge in [0.15, 0.2) is 0 Å². The van der Waals surface area contributed by atoms with Gasteiger partial charge >= 0.3 is 5.97 Å². The zero-order valence-electron chi connectivity index (χ0n) is 11.3. The van der Waals surface area contributed by atoms with E-state index in [4.69, 9.17) is 5.11 Å². The van der Waals surface area contributed by atoms with Crippen molar-refractivity contribution in [3.8, 4) is 0 Å². The van der Waals surface area contributed by atoms with Crippen LogP contribution in [0.5, 0.6) is 0 Å². The molecule has 1 fully saturated rings. The number of nitro groups is 1. The number of carbonyl (C=O) groups is 1. The minimum absolute atomic E-state index is 0.0704. The monoisotopic (exact) mass is 278 g/mol. The van der Waals surface area contributed by atoms with E-state index in [1.54, 1.807) is 0 Å². The molecule has 0 aromatic heterocycles. The summed E-state index contributed by atoms with van der Waals surface area (Å²) in [6.07, 6.45) is 4.40. The summed E-state index contributed by atoms with van der Waals surface area (Å²) in [6.45, 7) is 2.13. The van der Waals surface area contributed by atoms with Crippen molar-refractivity contribution in [3.63, 3.8) is 0 Å². The van der Waals surface area contributed by atoms with Gasteiger partial charge in [0.25, 0.3) is 5.69 Å². The Balaban J connectivity index is 2.26. The van der Waals surface area contributed by atoms with E-state index in [0.29, 0.717) is 11.6 Å². The maximum atomic E-state index is 11.1. The maximum Gasteiger partial charge on any atom is 0.335 e. The lowest BCUT2D eigenvalue weighted by Gasteiger charge is -2.30. The molecule has 2 atom stereocenters. The van der Waals surface area contributed by atoms with Crippen molar-refractivity contribution in [2.24, 2.45) is 5.92 Å². The predicted molar refractivity (Wildman–Crippen MR) is 75.1 cm³/mol. The highest BCUT2D eigenvalue weighted by molar-refractivity contribution is 5.89. The van der Waals surface area contributed by atoms with Crippen molar-refractivity contribution in [1.29, 1.82) is 0 Å². The molecule has 1 saturated carbocycles. The van der Waals surface area contributed by atoms with E-state index in [2.05, 4.69) is 12.2 Å². The predicted octanol–water partition coefficient (Wildman–Crippen LogP) is 3.28. The first-order valence-corrected chi connectivity index (χ1v) is 6.77. The van der Waals surface area contributed by atoms with Gasteiger partial charge in [0, 0.05) is 12.1 Å². The number of rotatable bonds is 4. The second-order valence-corrected chi connectivity index (χ2v) is 5.31. The number of carboxylic acid groups (broad SMARTS) is 1. The summed E-state index contributed by atoms with van der Waals surface area (Å²) < 4.78 is 0. The summed E-state index contributed by atoms with van der Waals surface area (Å²) in [7, 11) is 0. The molecule has 6 heteroatoms. The molecule has 1 aliphatic carbocycles. The van der Waals surface area contributed by atoms with Crippen LogP contribution >= 0.6 is 0 Å². The van der Waals surface area contributed by atoms with E-state index in [9.17, 15) is 14.9 Å². The third kappa shape index (κ3) is 3.07. The van der Waals surface area contributed by atoms with Gasteiger partial charge in [0.05, 0.1) is 10.5 Å². The number of nitro benzene ring substituents is 1. The van der Waals surface area contributed by atoms with Gasteiger partial charge in [-0.05, 0) is 30.9 Å². The molecular weight excluding hydrogens is 260 g/mol. The molecule has 20 heavy (non-hydrogen) atoms. The zero-order chi connectivity index (χ0) is 14.7. The smallest absolute Gasteiger partial charge is 0.335 e. The number of hydrogen-bond donors (Lipinski definition) is 2. The maximum absolute atomic E-state index is 11.1. The molecule has 0 heterocycles. The summed E-state index contributed by atoms with van der Waals surface area (Å²) in [5.41, 5.74) is 0.153. The fraction of sp³-hybridized carbons (Fsp3) is 0.500. The number of benzene rings is 1. The standard InChI is InChI=1S/C14H18N2O4/c1-9-4-2-3-5-11(9)15-12-7-6-10(14(17)18)8-13(12)16(19)20/h6-9,11,15H,2-5H2,1H3,(H,17,18)/t9-,11+/m0/s1. The quantitative estimate of drug-likeness (QED) is 0.651. The van der Waals surface area contributed by atoms with Crippen LogP contribution in [0.15, 0.2) is 18.2 Å². The third-order valence-electron chi connectivity index (χ3n) is 3.89. The van der Waals surface area contributed by atoms with Gasteiger partial charge in [-0.2, -0.15) is 0 Å². The molecule has 0 spiro atoms. The zero-order valence-corrected chi connectivity index (χ0v) is 11.3. The van der Waals surface area contributed by atoms with Crippen LogP contribution in [0.1, 0.15) is 43.0 Å². The van der Waals surface area contributed by atoms with Crippen LogP contribution in [0.2, 0.25) is 0 Å². The van der Waals surface area contributed by atoms with E-state index in [1.165, 1.54) is 18.6 Å². The number of carboxylic acids is 1. The van der Waals surface area contributed by atoms with E-state index < -0.39 is 10.9 Å². The lowest BCUT2D eigenvalue weighted by molar-refractivity contribution is -0.384. The first-order valence-electron chi connectivity index (χ1n) is 6.77. The number of nitrogens with one attached hydrogen (secondary N) is 1. The fourth-order valence-electron chi connectivity index (χ4n) is 2.67. The van der Waals surface area contributed by atoms with Gasteiger partial charge < -0.3 is 10.4 Å². The summed E-state index contributed by atoms with van der Waals surface area (Å²) in [4.78, 5) is 21.4. The first-order chi connectivity index (χ1) is 9.49. The lowest BCUT2D eigenvalue weighted by Crippen LogP contribution is -2.30. The number of nitrogens with zero attached hydrogens (tertiary/aromatic N) is 1. The highest BCUT2D eigenvalue weighted by Gasteiger charge is 2.24. The van der Waals surface area contributed by atoms with Crippen LogP contribution in [0.3, 0.4) is 0 Å². The number of aromatic carboxylic acids is 1. The molecule has 108 valence electrons. The van der Waals surface area contributed by atoms with Crippen LogP contribution in [0.4, 0.5) is 11.4 Å². The van der Waals surface area contributed by atoms with Crippen LogP contribution in [0.25, 0.3) is 0 Å². The van der Waals surface area contributed by atoms with Crippen molar-refractivity contribution < 1.29 is 14.8 Å². The molecule has 0 radical (unpaired) electrons. The van der Waals surface area contributed by atoms with Crippen LogP contribution in [-0.4, -0.2) is 22.0 Å². The second kappa shape index (κ2) is 5.90. The van der Waals surface area contributed by atoms with Crippen LogP contribution in [-0.2, 0) is 0 Å². The Morgan fingerprint density at radius 2 is 2.10 bits per heavy atom. The molecule has 1 aliphatic rings. The van der Waals surface area contributed by atoms with Crippen molar-refractivity contribution in [1.82, 2.24) is 0 Å². The largest absolute Gasteiger partial charge is 0.478 e. The Morgan fingerprint density at radius 3 is 2.70 bits per heavy atom. The molecule has 1 aromatic rings. The average Bonchev–Trinajstić information content (AvgIpc) is 2.41. The molecule has 0 amide bonds. The molecular formula is C14H18N2O4. The van der Waals surface area contributed by atoms with Gasteiger partial charge in [0.1, 0.15) is 5.69 Å². The van der Waals surface area contributed by atoms with Crippen molar-refractivity contribution >= 4 is 17.3 Å². The number of hydrogen-bond acceptors (Lipinski definition) is 4. The highest BCUT2D eigenvalue weighted by atomic mass is 16.6. The molecule has 0 saturated heterocycles. The number of anilines is 1. The van der Waals surface area contributed by atoms with E-state index >= 15 is 0 Å². The molecule has 1 aromatic carbocycles. The lowest BCUT2D eigenvalue weighted by atomic mass is 9.86. The van der Waals surface area contributed by atoms with E-state index in [1.807, 2.05) is 0 Å². The molecule has 6 nitrogen and oxygen atoms in total. The van der Waals surface area contributed by atoms with Crippen molar-refractivity contribution in [2.75, 3.05) is 5.32 Å². The SMILES string of the molecule is C[C@H]1CCCC[C@H]1Nc1ccc(C(=O)O)cc1[N+](=O)[O-]. The topological polar surface area (TPSA) is 92.5 Å². The molecule has 2 rings (SSSR count). The Hall–Kier alpha value is -2.11. The third-order valence-corrected chi connectivity index (χ3v) is 3.89. The van der Waals surface area contributed by atoms with Gasteiger partial charge in [0.2, 0.25) is 0 Å². The van der Waals surface area contributed by atoms with Crippen molar-refractivity contribution in [2.45, 2.75) is 38.6 Å². The Kier molecular flexibility index (Phi) is 4.22. The summed E-state index contributed by atoms with van der Waals surface area (Å²) in [6, 6.07) is 4.20. The average molecular weight is 278 g/mol. The summed E-state index contributed by atoms with van der Waals surface area (Å²) >= 11 is 0. The van der Waals surface area contributed by atoms with Crippen LogP contribution in [0, 0.1) is 16.0 Å². The van der Waals surface area contributed by atoms with Gasteiger partial charge in [-0.3, -0.25) is 10.1 Å². The van der Waals surface area contributed by atoms with E-state index in [0.717, 1.165) is 25.3 Å².